The van der Waals surface area contributed by atoms with Gasteiger partial charge in [0.05, 0.1) is 24.3 Å². The van der Waals surface area contributed by atoms with Crippen molar-refractivity contribution in [3.05, 3.63) is 28.8 Å². The van der Waals surface area contributed by atoms with E-state index in [0.29, 0.717) is 23.0 Å². The second-order valence-electron chi connectivity index (χ2n) is 4.29. The van der Waals surface area contributed by atoms with Crippen LogP contribution < -0.4 is 9.47 Å². The number of benzene rings is 1. The van der Waals surface area contributed by atoms with Gasteiger partial charge in [-0.1, -0.05) is 0 Å². The van der Waals surface area contributed by atoms with Gasteiger partial charge in [-0.05, 0) is 32.0 Å². The molecule has 5 heteroatoms. The Labute approximate surface area is 122 Å². The molecule has 2 aromatic rings. The Hall–Kier alpha value is -1.88. The minimum atomic E-state index is 0.0455. The van der Waals surface area contributed by atoms with Gasteiger partial charge in [0.1, 0.15) is 5.01 Å². The molecule has 0 saturated carbocycles. The normalized spacial score (nSPS) is 10.4. The Balaban J connectivity index is 2.42. The van der Waals surface area contributed by atoms with Gasteiger partial charge in [-0.15, -0.1) is 11.3 Å². The Kier molecular flexibility index (Phi) is 4.39. The predicted octanol–water partition coefficient (Wildman–Crippen LogP) is 3.73. The van der Waals surface area contributed by atoms with E-state index in [1.165, 1.54) is 11.3 Å². The summed E-state index contributed by atoms with van der Waals surface area (Å²) < 4.78 is 10.8. The first-order valence-electron chi connectivity index (χ1n) is 6.36. The standard InChI is InChI=1S/C15H17NO3S/c1-5-19-12-7-6-11(8-13(12)18-4)15-16-9(2)14(20-15)10(3)17/h6-8H,5H2,1-4H3. The number of ether oxygens (including phenoxy) is 2. The number of hydrogen-bond acceptors (Lipinski definition) is 5. The maximum Gasteiger partial charge on any atom is 0.171 e. The molecule has 0 spiro atoms. The fourth-order valence-electron chi connectivity index (χ4n) is 1.92. The number of methoxy groups -OCH3 is 1. The highest BCUT2D eigenvalue weighted by Gasteiger charge is 2.14. The molecule has 1 heterocycles. The number of carbonyl (C=O) groups is 1. The molecular weight excluding hydrogens is 274 g/mol. The van der Waals surface area contributed by atoms with Gasteiger partial charge in [0.15, 0.2) is 17.3 Å². The molecule has 4 nitrogen and oxygen atoms in total. The first kappa shape index (κ1) is 14.5. The van der Waals surface area contributed by atoms with Crippen LogP contribution in [0.3, 0.4) is 0 Å². The number of hydrogen-bond donors (Lipinski definition) is 0. The third-order valence-corrected chi connectivity index (χ3v) is 4.13. The number of thiazole rings is 1. The molecule has 0 fully saturated rings. The van der Waals surface area contributed by atoms with Gasteiger partial charge < -0.3 is 9.47 Å². The van der Waals surface area contributed by atoms with Crippen molar-refractivity contribution < 1.29 is 14.3 Å². The zero-order chi connectivity index (χ0) is 14.7. The van der Waals surface area contributed by atoms with E-state index in [-0.39, 0.29) is 5.78 Å². The largest absolute Gasteiger partial charge is 0.493 e. The fraction of sp³-hybridized carbons (Fsp3) is 0.333. The van der Waals surface area contributed by atoms with Crippen LogP contribution in [0.5, 0.6) is 11.5 Å². The maximum absolute atomic E-state index is 11.5. The van der Waals surface area contributed by atoms with Gasteiger partial charge in [0, 0.05) is 12.5 Å². The molecule has 0 atom stereocenters. The summed E-state index contributed by atoms with van der Waals surface area (Å²) in [6.07, 6.45) is 0. The average molecular weight is 291 g/mol. The lowest BCUT2D eigenvalue weighted by Gasteiger charge is -2.09. The van der Waals surface area contributed by atoms with Crippen molar-refractivity contribution in [2.24, 2.45) is 0 Å². The summed E-state index contributed by atoms with van der Waals surface area (Å²) >= 11 is 1.40. The lowest BCUT2D eigenvalue weighted by atomic mass is 10.2. The van der Waals surface area contributed by atoms with E-state index in [9.17, 15) is 4.79 Å². The lowest BCUT2D eigenvalue weighted by Crippen LogP contribution is -1.95. The smallest absolute Gasteiger partial charge is 0.171 e. The van der Waals surface area contributed by atoms with Crippen molar-refractivity contribution in [2.75, 3.05) is 13.7 Å². The van der Waals surface area contributed by atoms with E-state index in [1.54, 1.807) is 14.0 Å². The van der Waals surface area contributed by atoms with Crippen molar-refractivity contribution in [2.45, 2.75) is 20.8 Å². The zero-order valence-corrected chi connectivity index (χ0v) is 12.8. The number of nitrogens with zero attached hydrogens (tertiary/aromatic N) is 1. The summed E-state index contributed by atoms with van der Waals surface area (Å²) in [5.41, 5.74) is 1.69. The summed E-state index contributed by atoms with van der Waals surface area (Å²) in [5.74, 6) is 1.42. The van der Waals surface area contributed by atoms with Gasteiger partial charge in [-0.2, -0.15) is 0 Å². The van der Waals surface area contributed by atoms with Crippen LogP contribution >= 0.6 is 11.3 Å². The lowest BCUT2D eigenvalue weighted by molar-refractivity contribution is 0.102. The number of aromatic nitrogens is 1. The predicted molar refractivity (Wildman–Crippen MR) is 80.0 cm³/mol. The SMILES string of the molecule is CCOc1ccc(-c2nc(C)c(C(C)=O)s2)cc1OC. The van der Waals surface area contributed by atoms with Crippen LogP contribution in [0.1, 0.15) is 29.2 Å². The highest BCUT2D eigenvalue weighted by atomic mass is 32.1. The number of ketones is 1. The van der Waals surface area contributed by atoms with Crippen molar-refractivity contribution in [1.29, 1.82) is 0 Å². The minimum absolute atomic E-state index is 0.0455. The van der Waals surface area contributed by atoms with Crippen LogP contribution in [0.2, 0.25) is 0 Å². The molecule has 0 saturated heterocycles. The van der Waals surface area contributed by atoms with Crippen LogP contribution in [0.15, 0.2) is 18.2 Å². The summed E-state index contributed by atoms with van der Waals surface area (Å²) in [4.78, 5) is 16.7. The first-order valence-corrected chi connectivity index (χ1v) is 7.18. The van der Waals surface area contributed by atoms with E-state index in [1.807, 2.05) is 32.0 Å². The first-order chi connectivity index (χ1) is 9.56. The number of carbonyl (C=O) groups excluding carboxylic acids is 1. The topological polar surface area (TPSA) is 48.4 Å². The zero-order valence-electron chi connectivity index (χ0n) is 12.0. The van der Waals surface area contributed by atoms with Crippen molar-refractivity contribution in [1.82, 2.24) is 4.98 Å². The monoisotopic (exact) mass is 291 g/mol. The fourth-order valence-corrected chi connectivity index (χ4v) is 2.88. The molecule has 0 amide bonds. The molecule has 0 unspecified atom stereocenters. The summed E-state index contributed by atoms with van der Waals surface area (Å²) in [5, 5.41) is 0.814. The van der Waals surface area contributed by atoms with Crippen LogP contribution in [-0.4, -0.2) is 24.5 Å². The minimum Gasteiger partial charge on any atom is -0.493 e. The van der Waals surface area contributed by atoms with Crippen LogP contribution in [0.25, 0.3) is 10.6 Å². The summed E-state index contributed by atoms with van der Waals surface area (Å²) in [6, 6.07) is 5.67. The molecule has 2 rings (SSSR count). The van der Waals surface area contributed by atoms with E-state index >= 15 is 0 Å². The molecule has 0 bridgehead atoms. The van der Waals surface area contributed by atoms with E-state index in [2.05, 4.69) is 4.98 Å². The van der Waals surface area contributed by atoms with Gasteiger partial charge in [0.2, 0.25) is 0 Å². The highest BCUT2D eigenvalue weighted by Crippen LogP contribution is 2.35. The molecule has 1 aromatic carbocycles. The number of Topliss-reactive ketones (excluding diaryl/α,β-unsaturated/α-hetero) is 1. The third-order valence-electron chi connectivity index (χ3n) is 2.83. The molecule has 20 heavy (non-hydrogen) atoms. The van der Waals surface area contributed by atoms with Crippen LogP contribution in [-0.2, 0) is 0 Å². The van der Waals surface area contributed by atoms with Crippen molar-refractivity contribution >= 4 is 17.1 Å². The molecular formula is C15H17NO3S. The Morgan fingerprint density at radius 3 is 2.65 bits per heavy atom. The van der Waals surface area contributed by atoms with E-state index in [4.69, 9.17) is 9.47 Å². The second kappa shape index (κ2) is 6.05. The second-order valence-corrected chi connectivity index (χ2v) is 5.29. The quantitative estimate of drug-likeness (QED) is 0.788. The molecule has 0 N–H and O–H groups in total. The van der Waals surface area contributed by atoms with Crippen molar-refractivity contribution in [3.63, 3.8) is 0 Å². The number of aryl methyl sites for hydroxylation is 1. The van der Waals surface area contributed by atoms with Crippen LogP contribution in [0, 0.1) is 6.92 Å². The average Bonchev–Trinajstić information content (AvgIpc) is 2.82. The highest BCUT2D eigenvalue weighted by molar-refractivity contribution is 7.17. The molecule has 0 radical (unpaired) electrons. The van der Waals surface area contributed by atoms with Gasteiger partial charge in [0.25, 0.3) is 0 Å². The van der Waals surface area contributed by atoms with Gasteiger partial charge >= 0.3 is 0 Å². The van der Waals surface area contributed by atoms with Crippen molar-refractivity contribution in [3.8, 4) is 22.1 Å². The summed E-state index contributed by atoms with van der Waals surface area (Å²) in [7, 11) is 1.61. The maximum atomic E-state index is 11.5. The van der Waals surface area contributed by atoms with E-state index in [0.717, 1.165) is 16.3 Å². The summed E-state index contributed by atoms with van der Waals surface area (Å²) in [6.45, 7) is 5.92. The van der Waals surface area contributed by atoms with Gasteiger partial charge in [-0.25, -0.2) is 4.98 Å². The Morgan fingerprint density at radius 2 is 2.10 bits per heavy atom. The van der Waals surface area contributed by atoms with Crippen LogP contribution in [0.4, 0.5) is 0 Å². The molecule has 0 aliphatic heterocycles. The molecule has 0 aliphatic carbocycles. The Bertz CT molecular complexity index is 634. The van der Waals surface area contributed by atoms with Gasteiger partial charge in [-0.3, -0.25) is 4.79 Å². The van der Waals surface area contributed by atoms with E-state index < -0.39 is 0 Å². The molecule has 0 aliphatic rings. The Morgan fingerprint density at radius 1 is 1.35 bits per heavy atom. The molecule has 106 valence electrons. The number of rotatable bonds is 5. The third kappa shape index (κ3) is 2.82. The molecule has 1 aromatic heterocycles.